The molecule has 0 spiro atoms. The molecule has 4 rings (SSSR count). The molecule has 178 valence electrons. The van der Waals surface area contributed by atoms with Crippen molar-refractivity contribution in [3.05, 3.63) is 53.2 Å². The molecular weight excluding hydrogens is 460 g/mol. The number of carbonyl (C=O) groups is 1. The summed E-state index contributed by atoms with van der Waals surface area (Å²) in [5.41, 5.74) is 0.182. The van der Waals surface area contributed by atoms with E-state index < -0.39 is 20.1 Å². The molecule has 1 saturated heterocycles. The number of sulfone groups is 1. The van der Waals surface area contributed by atoms with Gasteiger partial charge in [0.15, 0.2) is 9.84 Å². The van der Waals surface area contributed by atoms with Crippen LogP contribution in [0.25, 0.3) is 0 Å². The molecule has 0 radical (unpaired) electrons. The van der Waals surface area contributed by atoms with E-state index in [0.717, 1.165) is 19.3 Å². The van der Waals surface area contributed by atoms with Gasteiger partial charge < -0.3 is 4.74 Å². The molecule has 2 heterocycles. The smallest absolute Gasteiger partial charge is 0.231 e. The monoisotopic (exact) mass is 490 g/mol. The first-order valence-electron chi connectivity index (χ1n) is 11.4. The lowest BCUT2D eigenvalue weighted by atomic mass is 9.83. The zero-order chi connectivity index (χ0) is 23.9. The third kappa shape index (κ3) is 4.43. The van der Waals surface area contributed by atoms with Crippen molar-refractivity contribution in [2.45, 2.75) is 68.1 Å². The minimum absolute atomic E-state index is 0.0396. The van der Waals surface area contributed by atoms with Gasteiger partial charge in [-0.2, -0.15) is 0 Å². The Morgan fingerprint density at radius 2 is 1.73 bits per heavy atom. The van der Waals surface area contributed by atoms with Crippen molar-refractivity contribution in [3.63, 3.8) is 0 Å². The van der Waals surface area contributed by atoms with E-state index in [1.807, 2.05) is 26.8 Å². The average molecular weight is 491 g/mol. The Morgan fingerprint density at radius 1 is 1.09 bits per heavy atom. The second-order valence-electron chi connectivity index (χ2n) is 9.94. The zero-order valence-electron chi connectivity index (χ0n) is 19.4. The van der Waals surface area contributed by atoms with E-state index in [4.69, 9.17) is 16.3 Å². The maximum Gasteiger partial charge on any atom is 0.231 e. The summed E-state index contributed by atoms with van der Waals surface area (Å²) < 4.78 is 32.1. The van der Waals surface area contributed by atoms with Gasteiger partial charge in [-0.1, -0.05) is 24.1 Å². The van der Waals surface area contributed by atoms with E-state index >= 15 is 0 Å². The van der Waals surface area contributed by atoms with Gasteiger partial charge >= 0.3 is 0 Å². The average Bonchev–Trinajstić information content (AvgIpc) is 2.73. The highest BCUT2D eigenvalue weighted by atomic mass is 35.5. The summed E-state index contributed by atoms with van der Waals surface area (Å²) in [6, 6.07) is 9.89. The highest BCUT2D eigenvalue weighted by Gasteiger charge is 2.48. The van der Waals surface area contributed by atoms with Crippen LogP contribution in [0.1, 0.15) is 58.4 Å². The molecule has 0 atom stereocenters. The molecule has 6 nitrogen and oxygen atoms in total. The van der Waals surface area contributed by atoms with Crippen LogP contribution in [-0.4, -0.2) is 38.1 Å². The molecule has 1 saturated carbocycles. The molecule has 1 aromatic carbocycles. The van der Waals surface area contributed by atoms with E-state index in [1.165, 1.54) is 0 Å². The van der Waals surface area contributed by atoms with Crippen molar-refractivity contribution in [2.24, 2.45) is 5.92 Å². The maximum atomic E-state index is 13.9. The minimum atomic E-state index is -3.74. The number of hydrogen-bond acceptors (Lipinski definition) is 5. The number of anilines is 1. The van der Waals surface area contributed by atoms with E-state index in [1.54, 1.807) is 41.4 Å². The van der Waals surface area contributed by atoms with Crippen LogP contribution in [0.5, 0.6) is 0 Å². The highest BCUT2D eigenvalue weighted by molar-refractivity contribution is 7.92. The molecule has 1 aromatic heterocycles. The highest BCUT2D eigenvalue weighted by Crippen LogP contribution is 2.44. The van der Waals surface area contributed by atoms with E-state index in [-0.39, 0.29) is 16.7 Å². The van der Waals surface area contributed by atoms with Gasteiger partial charge in [-0.25, -0.2) is 13.4 Å². The zero-order valence-corrected chi connectivity index (χ0v) is 21.0. The van der Waals surface area contributed by atoms with Crippen molar-refractivity contribution < 1.29 is 17.9 Å². The molecule has 2 aromatic rings. The lowest BCUT2D eigenvalue weighted by Gasteiger charge is -2.40. The van der Waals surface area contributed by atoms with Crippen molar-refractivity contribution >= 4 is 33.2 Å². The first-order valence-corrected chi connectivity index (χ1v) is 13.3. The minimum Gasteiger partial charge on any atom is -0.381 e. The van der Waals surface area contributed by atoms with Crippen molar-refractivity contribution in [2.75, 3.05) is 18.1 Å². The standard InChI is InChI=1S/C25H31ClN2O4S/c1-24(2,3)28(23(29)18-5-4-6-18)22-12-7-19(17-27-22)25(13-15-32-16-14-25)33(30,31)21-10-8-20(26)9-11-21/h7-12,17-18H,4-6,13-16H2,1-3H3. The van der Waals surface area contributed by atoms with Crippen molar-refractivity contribution in [3.8, 4) is 0 Å². The SMILES string of the molecule is CC(C)(C)N(C(=O)C1CCC1)c1ccc(C2(S(=O)(=O)c3ccc(Cl)cc3)CCOCC2)cn1. The quantitative estimate of drug-likeness (QED) is 0.579. The van der Waals surface area contributed by atoms with Crippen LogP contribution in [0.2, 0.25) is 5.02 Å². The summed E-state index contributed by atoms with van der Waals surface area (Å²) in [5, 5.41) is 0.486. The van der Waals surface area contributed by atoms with Crippen LogP contribution in [-0.2, 0) is 24.1 Å². The number of hydrogen-bond donors (Lipinski definition) is 0. The number of rotatable bonds is 5. The second-order valence-corrected chi connectivity index (χ2v) is 12.6. The summed E-state index contributed by atoms with van der Waals surface area (Å²) in [7, 11) is -3.74. The first-order chi connectivity index (χ1) is 15.6. The topological polar surface area (TPSA) is 76.6 Å². The molecule has 2 fully saturated rings. The molecular formula is C25H31ClN2O4S. The van der Waals surface area contributed by atoms with E-state index in [2.05, 4.69) is 4.98 Å². The number of aromatic nitrogens is 1. The Bertz CT molecular complexity index is 1100. The molecule has 1 amide bonds. The van der Waals surface area contributed by atoms with Crippen LogP contribution in [0.15, 0.2) is 47.5 Å². The number of pyridine rings is 1. The van der Waals surface area contributed by atoms with E-state index in [9.17, 15) is 13.2 Å². The summed E-state index contributed by atoms with van der Waals surface area (Å²) in [5.74, 6) is 0.677. The second kappa shape index (κ2) is 9.01. The Morgan fingerprint density at radius 3 is 2.21 bits per heavy atom. The normalized spacial score (nSPS) is 19.0. The van der Waals surface area contributed by atoms with Gasteiger partial charge in [0, 0.05) is 35.9 Å². The van der Waals surface area contributed by atoms with Gasteiger partial charge in [0.25, 0.3) is 0 Å². The third-order valence-electron chi connectivity index (χ3n) is 6.79. The Hall–Kier alpha value is -1.96. The fraction of sp³-hybridized carbons (Fsp3) is 0.520. The predicted molar refractivity (Wildman–Crippen MR) is 129 cm³/mol. The number of carbonyl (C=O) groups excluding carboxylic acids is 1. The van der Waals surface area contributed by atoms with Crippen molar-refractivity contribution in [1.29, 1.82) is 0 Å². The Kier molecular flexibility index (Phi) is 6.60. The number of benzene rings is 1. The lowest BCUT2D eigenvalue weighted by molar-refractivity contribution is -0.125. The van der Waals surface area contributed by atoms with Crippen LogP contribution < -0.4 is 4.90 Å². The molecule has 0 unspecified atom stereocenters. The number of ether oxygens (including phenoxy) is 1. The van der Waals surface area contributed by atoms with Gasteiger partial charge in [-0.15, -0.1) is 0 Å². The van der Waals surface area contributed by atoms with Crippen LogP contribution in [0.3, 0.4) is 0 Å². The maximum absolute atomic E-state index is 13.9. The molecule has 0 bridgehead atoms. The fourth-order valence-electron chi connectivity index (χ4n) is 4.67. The molecule has 2 aliphatic rings. The van der Waals surface area contributed by atoms with Gasteiger partial charge in [0.05, 0.1) is 4.90 Å². The van der Waals surface area contributed by atoms with Crippen LogP contribution in [0.4, 0.5) is 5.82 Å². The summed E-state index contributed by atoms with van der Waals surface area (Å²) >= 11 is 5.99. The Balaban J connectivity index is 1.74. The third-order valence-corrected chi connectivity index (χ3v) is 9.61. The number of halogens is 1. The largest absolute Gasteiger partial charge is 0.381 e. The number of nitrogens with zero attached hydrogens (tertiary/aromatic N) is 2. The molecule has 8 heteroatoms. The molecule has 0 N–H and O–H groups in total. The van der Waals surface area contributed by atoms with Gasteiger partial charge in [-0.3, -0.25) is 9.69 Å². The summed E-state index contributed by atoms with van der Waals surface area (Å²) in [6.45, 7) is 6.67. The van der Waals surface area contributed by atoms with Gasteiger partial charge in [-0.05, 0) is 82.3 Å². The lowest BCUT2D eigenvalue weighted by Crippen LogP contribution is -2.50. The summed E-state index contributed by atoms with van der Waals surface area (Å²) in [6.07, 6.45) is 5.19. The predicted octanol–water partition coefficient (Wildman–Crippen LogP) is 5.15. The molecule has 1 aliphatic carbocycles. The first kappa shape index (κ1) is 24.2. The van der Waals surface area contributed by atoms with Gasteiger partial charge in [0.2, 0.25) is 5.91 Å². The molecule has 1 aliphatic heterocycles. The van der Waals surface area contributed by atoms with Crippen molar-refractivity contribution in [1.82, 2.24) is 4.98 Å². The Labute approximate surface area is 201 Å². The van der Waals surface area contributed by atoms with Crippen LogP contribution in [0, 0.1) is 5.92 Å². The van der Waals surface area contributed by atoms with Crippen LogP contribution >= 0.6 is 11.6 Å². The molecule has 33 heavy (non-hydrogen) atoms. The van der Waals surface area contributed by atoms with Gasteiger partial charge in [0.1, 0.15) is 10.6 Å². The summed E-state index contributed by atoms with van der Waals surface area (Å²) in [4.78, 5) is 19.8. The fourth-order valence-corrected chi connectivity index (χ4v) is 6.87. The van der Waals surface area contributed by atoms with E-state index in [0.29, 0.717) is 42.5 Å². The number of amides is 1.